The van der Waals surface area contributed by atoms with E-state index in [0.717, 1.165) is 47.9 Å². The zero-order valence-electron chi connectivity index (χ0n) is 16.2. The molecule has 6 heteroatoms. The van der Waals surface area contributed by atoms with E-state index < -0.39 is 6.23 Å². The number of hydrogen-bond acceptors (Lipinski definition) is 4. The fraction of sp³-hybridized carbons (Fsp3) is 0.304. The second-order valence-electron chi connectivity index (χ2n) is 7.77. The molecule has 2 N–H and O–H groups in total. The van der Waals surface area contributed by atoms with E-state index in [1.54, 1.807) is 4.68 Å². The smallest absolute Gasteiger partial charge is 0.281 e. The van der Waals surface area contributed by atoms with Crippen LogP contribution in [0.15, 0.2) is 65.6 Å². The maximum Gasteiger partial charge on any atom is 0.281 e. The second-order valence-corrected chi connectivity index (χ2v) is 7.77. The number of pyridine rings is 1. The van der Waals surface area contributed by atoms with Gasteiger partial charge < -0.3 is 10.4 Å². The molecule has 0 aliphatic carbocycles. The Bertz CT molecular complexity index is 1210. The summed E-state index contributed by atoms with van der Waals surface area (Å²) in [4.78, 5) is 13.4. The predicted octanol–water partition coefficient (Wildman–Crippen LogP) is 3.22. The topological polar surface area (TPSA) is 72.1 Å². The number of nitrogens with one attached hydrogen (secondary N) is 1. The lowest BCUT2D eigenvalue weighted by Crippen LogP contribution is -2.31. The maximum atomic E-state index is 13.4. The molecule has 2 aromatic carbocycles. The average Bonchev–Trinajstić information content (AvgIpc) is 3.22. The summed E-state index contributed by atoms with van der Waals surface area (Å²) < 4.78 is 3.27. The summed E-state index contributed by atoms with van der Waals surface area (Å²) in [6, 6.07) is 17.5. The number of para-hydroxylation sites is 2. The molecule has 3 heterocycles. The molecule has 5 rings (SSSR count). The number of fused-ring (bicyclic) bond motifs is 3. The van der Waals surface area contributed by atoms with Gasteiger partial charge in [-0.1, -0.05) is 36.4 Å². The number of aromatic nitrogens is 3. The molecule has 1 aliphatic heterocycles. The van der Waals surface area contributed by atoms with E-state index in [2.05, 4.69) is 10.4 Å². The van der Waals surface area contributed by atoms with Gasteiger partial charge in [-0.2, -0.15) is 5.10 Å². The van der Waals surface area contributed by atoms with Gasteiger partial charge in [-0.05, 0) is 56.5 Å². The minimum Gasteiger partial charge on any atom is -0.373 e. The van der Waals surface area contributed by atoms with E-state index in [4.69, 9.17) is 0 Å². The van der Waals surface area contributed by atoms with Gasteiger partial charge in [0.1, 0.15) is 6.23 Å². The highest BCUT2D eigenvalue weighted by Crippen LogP contribution is 2.28. The van der Waals surface area contributed by atoms with E-state index in [0.29, 0.717) is 17.9 Å². The average molecular weight is 388 g/mol. The van der Waals surface area contributed by atoms with Gasteiger partial charge in [0.05, 0.1) is 11.2 Å². The molecule has 2 aromatic heterocycles. The van der Waals surface area contributed by atoms with Crippen LogP contribution in [0.2, 0.25) is 0 Å². The Kier molecular flexibility index (Phi) is 4.66. The maximum absolute atomic E-state index is 13.4. The Labute approximate surface area is 168 Å². The minimum atomic E-state index is -0.859. The fourth-order valence-electron chi connectivity index (χ4n) is 4.39. The van der Waals surface area contributed by atoms with Crippen LogP contribution >= 0.6 is 0 Å². The van der Waals surface area contributed by atoms with Gasteiger partial charge >= 0.3 is 0 Å². The first-order chi connectivity index (χ1) is 14.2. The second kappa shape index (κ2) is 7.46. The monoisotopic (exact) mass is 388 g/mol. The van der Waals surface area contributed by atoms with Crippen LogP contribution < -0.4 is 10.9 Å². The van der Waals surface area contributed by atoms with Crippen LogP contribution in [-0.2, 0) is 0 Å². The fourth-order valence-corrected chi connectivity index (χ4v) is 4.39. The molecule has 1 unspecified atom stereocenters. The highest BCUT2D eigenvalue weighted by Gasteiger charge is 2.23. The predicted molar refractivity (Wildman–Crippen MR) is 114 cm³/mol. The Morgan fingerprint density at radius 2 is 1.76 bits per heavy atom. The zero-order valence-corrected chi connectivity index (χ0v) is 16.2. The molecule has 0 bridgehead atoms. The Hall–Kier alpha value is -2.96. The lowest BCUT2D eigenvalue weighted by atomic mass is 9.93. The van der Waals surface area contributed by atoms with Crippen molar-refractivity contribution in [1.29, 1.82) is 0 Å². The van der Waals surface area contributed by atoms with Crippen molar-refractivity contribution >= 4 is 21.8 Å². The van der Waals surface area contributed by atoms with Crippen LogP contribution in [0.3, 0.4) is 0 Å². The van der Waals surface area contributed by atoms with Crippen molar-refractivity contribution < 1.29 is 5.11 Å². The van der Waals surface area contributed by atoms with Gasteiger partial charge in [-0.3, -0.25) is 9.36 Å². The van der Waals surface area contributed by atoms with Crippen LogP contribution in [0.4, 0.5) is 0 Å². The van der Waals surface area contributed by atoms with E-state index in [1.165, 1.54) is 4.57 Å². The normalized spacial score (nSPS) is 16.4. The van der Waals surface area contributed by atoms with E-state index in [1.807, 2.05) is 60.8 Å². The van der Waals surface area contributed by atoms with Gasteiger partial charge in [0.15, 0.2) is 5.52 Å². The molecule has 0 saturated carbocycles. The number of aliphatic hydroxyl groups excluding tert-OH is 1. The highest BCUT2D eigenvalue weighted by molar-refractivity contribution is 6.04. The molecule has 29 heavy (non-hydrogen) atoms. The van der Waals surface area contributed by atoms with Crippen molar-refractivity contribution in [2.75, 3.05) is 13.1 Å². The van der Waals surface area contributed by atoms with Gasteiger partial charge in [-0.25, -0.2) is 4.68 Å². The molecular formula is C23H24N4O2. The molecule has 1 aliphatic rings. The third-order valence-electron chi connectivity index (χ3n) is 5.91. The minimum absolute atomic E-state index is 0.241. The van der Waals surface area contributed by atoms with Gasteiger partial charge in [0, 0.05) is 17.0 Å². The first-order valence-electron chi connectivity index (χ1n) is 10.2. The number of hydrogen-bond donors (Lipinski definition) is 2. The number of aliphatic hydroxyl groups is 1. The van der Waals surface area contributed by atoms with Gasteiger partial charge in [-0.15, -0.1) is 0 Å². The Morgan fingerprint density at radius 1 is 1.03 bits per heavy atom. The summed E-state index contributed by atoms with van der Waals surface area (Å²) in [5.74, 6) is 0.412. The summed E-state index contributed by atoms with van der Waals surface area (Å²) in [6.07, 6.45) is 3.67. The Morgan fingerprint density at radius 3 is 2.55 bits per heavy atom. The molecule has 1 fully saturated rings. The summed E-state index contributed by atoms with van der Waals surface area (Å²) in [5.41, 5.74) is 1.79. The number of nitrogens with zero attached hydrogens (tertiary/aromatic N) is 3. The zero-order chi connectivity index (χ0) is 19.8. The quantitative estimate of drug-likeness (QED) is 0.563. The third kappa shape index (κ3) is 3.24. The first kappa shape index (κ1) is 18.1. The summed E-state index contributed by atoms with van der Waals surface area (Å²) in [5, 5.41) is 20.7. The van der Waals surface area contributed by atoms with Crippen LogP contribution in [0.5, 0.6) is 0 Å². The molecule has 0 amide bonds. The molecule has 1 saturated heterocycles. The lowest BCUT2D eigenvalue weighted by molar-refractivity contribution is 0.0705. The standard InChI is InChI=1S/C23H24N4O2/c28-21(14-16-10-12-24-13-11-16)27-20-9-5-4-8-18(20)19-15-26(25-22(19)23(27)29)17-6-2-1-3-7-17/h1-9,15-16,21,24,28H,10-14H2. The van der Waals surface area contributed by atoms with Crippen molar-refractivity contribution in [3.8, 4) is 5.69 Å². The molecule has 4 aromatic rings. The summed E-state index contributed by atoms with van der Waals surface area (Å²) >= 11 is 0. The largest absolute Gasteiger partial charge is 0.373 e. The first-order valence-corrected chi connectivity index (χ1v) is 10.2. The molecule has 6 nitrogen and oxygen atoms in total. The van der Waals surface area contributed by atoms with Crippen LogP contribution in [0.1, 0.15) is 25.5 Å². The Balaban J connectivity index is 1.67. The van der Waals surface area contributed by atoms with Crippen LogP contribution in [-0.4, -0.2) is 32.5 Å². The SMILES string of the molecule is O=c1c2nn(-c3ccccc3)cc2c2ccccc2n1C(O)CC1CCNCC1. The van der Waals surface area contributed by atoms with Crippen molar-refractivity contribution in [2.24, 2.45) is 5.92 Å². The molecular weight excluding hydrogens is 364 g/mol. The van der Waals surface area contributed by atoms with Crippen molar-refractivity contribution in [1.82, 2.24) is 19.7 Å². The van der Waals surface area contributed by atoms with E-state index >= 15 is 0 Å². The molecule has 0 radical (unpaired) electrons. The molecule has 148 valence electrons. The van der Waals surface area contributed by atoms with Crippen LogP contribution in [0.25, 0.3) is 27.5 Å². The number of piperidine rings is 1. The van der Waals surface area contributed by atoms with Crippen molar-refractivity contribution in [3.05, 3.63) is 71.1 Å². The van der Waals surface area contributed by atoms with Crippen molar-refractivity contribution in [2.45, 2.75) is 25.5 Å². The number of benzene rings is 2. The van der Waals surface area contributed by atoms with Gasteiger partial charge in [0.2, 0.25) is 0 Å². The third-order valence-corrected chi connectivity index (χ3v) is 5.91. The molecule has 1 atom stereocenters. The van der Waals surface area contributed by atoms with E-state index in [9.17, 15) is 9.90 Å². The summed E-state index contributed by atoms with van der Waals surface area (Å²) in [6.45, 7) is 1.93. The highest BCUT2D eigenvalue weighted by atomic mass is 16.3. The van der Waals surface area contributed by atoms with Crippen LogP contribution in [0, 0.1) is 5.92 Å². The van der Waals surface area contributed by atoms with E-state index in [-0.39, 0.29) is 5.56 Å². The number of rotatable bonds is 4. The van der Waals surface area contributed by atoms with Gasteiger partial charge in [0.25, 0.3) is 5.56 Å². The van der Waals surface area contributed by atoms with Crippen molar-refractivity contribution in [3.63, 3.8) is 0 Å². The lowest BCUT2D eigenvalue weighted by Gasteiger charge is -2.26. The molecule has 0 spiro atoms. The summed E-state index contributed by atoms with van der Waals surface area (Å²) in [7, 11) is 0.